The zero-order chi connectivity index (χ0) is 10.2. The molecule has 2 N–H and O–H groups in total. The molecule has 2 atom stereocenters. The molecule has 0 radical (unpaired) electrons. The van der Waals surface area contributed by atoms with Crippen molar-refractivity contribution in [3.63, 3.8) is 0 Å². The highest BCUT2D eigenvalue weighted by molar-refractivity contribution is 5.26. The minimum atomic E-state index is -0.437. The molecule has 0 saturated heterocycles. The first-order chi connectivity index (χ1) is 6.69. The van der Waals surface area contributed by atoms with Crippen LogP contribution >= 0.6 is 0 Å². The van der Waals surface area contributed by atoms with Crippen LogP contribution in [0.25, 0.3) is 0 Å². The quantitative estimate of drug-likeness (QED) is 0.621. The first-order valence-electron chi connectivity index (χ1n) is 5.36. The molecule has 0 aromatic carbocycles. The lowest BCUT2D eigenvalue weighted by molar-refractivity contribution is 0.158. The fourth-order valence-corrected chi connectivity index (χ4v) is 2.85. The van der Waals surface area contributed by atoms with Crippen LogP contribution in [0, 0.1) is 17.3 Å². The predicted octanol–water partition coefficient (Wildman–Crippen LogP) is 1.50. The van der Waals surface area contributed by atoms with E-state index in [1.54, 1.807) is 0 Å². The van der Waals surface area contributed by atoms with Gasteiger partial charge in [-0.25, -0.2) is 0 Å². The van der Waals surface area contributed by atoms with Crippen molar-refractivity contribution in [3.05, 3.63) is 24.3 Å². The molecule has 0 amide bonds. The molecule has 2 heteroatoms. The van der Waals surface area contributed by atoms with Crippen LogP contribution < -0.4 is 0 Å². The average Bonchev–Trinajstić information content (AvgIpc) is 2.49. The van der Waals surface area contributed by atoms with Crippen molar-refractivity contribution >= 4 is 0 Å². The van der Waals surface area contributed by atoms with Gasteiger partial charge in [0.1, 0.15) is 0 Å². The summed E-state index contributed by atoms with van der Waals surface area (Å²) < 4.78 is 0. The lowest BCUT2D eigenvalue weighted by atomic mass is 9.70. The minimum absolute atomic E-state index is 0.00792. The molecule has 0 bridgehead atoms. The van der Waals surface area contributed by atoms with E-state index in [0.29, 0.717) is 11.8 Å². The smallest absolute Gasteiger partial charge is 0.0903 e. The van der Waals surface area contributed by atoms with Gasteiger partial charge in [-0.2, -0.15) is 0 Å². The normalized spacial score (nSPS) is 46.4. The van der Waals surface area contributed by atoms with E-state index in [-0.39, 0.29) is 12.0 Å². The van der Waals surface area contributed by atoms with Crippen LogP contribution in [0.15, 0.2) is 24.3 Å². The molecular formula is C12H18O2. The molecule has 0 aromatic rings. The zero-order valence-corrected chi connectivity index (χ0v) is 8.56. The van der Waals surface area contributed by atoms with Gasteiger partial charge in [0.25, 0.3) is 0 Å². The van der Waals surface area contributed by atoms with Crippen LogP contribution in [0.4, 0.5) is 0 Å². The van der Waals surface area contributed by atoms with E-state index in [1.165, 1.54) is 0 Å². The molecule has 2 rings (SSSR count). The van der Waals surface area contributed by atoms with Gasteiger partial charge in [0.05, 0.1) is 6.10 Å². The van der Waals surface area contributed by atoms with E-state index in [1.807, 2.05) is 12.2 Å². The van der Waals surface area contributed by atoms with Gasteiger partial charge >= 0.3 is 0 Å². The highest BCUT2D eigenvalue weighted by Gasteiger charge is 2.44. The Morgan fingerprint density at radius 3 is 2.50 bits per heavy atom. The summed E-state index contributed by atoms with van der Waals surface area (Å²) in [6.45, 7) is 2.47. The summed E-state index contributed by atoms with van der Waals surface area (Å²) in [4.78, 5) is 0. The highest BCUT2D eigenvalue weighted by atomic mass is 16.3. The van der Waals surface area contributed by atoms with Gasteiger partial charge in [-0.3, -0.25) is 0 Å². The topological polar surface area (TPSA) is 40.5 Å². The number of allylic oxidation sites excluding steroid dienone is 2. The van der Waals surface area contributed by atoms with E-state index in [0.717, 1.165) is 12.8 Å². The molecule has 2 nitrogen and oxygen atoms in total. The second-order valence-corrected chi connectivity index (χ2v) is 4.57. The molecule has 2 aliphatic carbocycles. The van der Waals surface area contributed by atoms with E-state index in [2.05, 4.69) is 19.1 Å². The van der Waals surface area contributed by atoms with Crippen LogP contribution in [-0.4, -0.2) is 22.9 Å². The van der Waals surface area contributed by atoms with Gasteiger partial charge in [0.15, 0.2) is 0 Å². The Labute approximate surface area is 85.0 Å². The zero-order valence-electron chi connectivity index (χ0n) is 8.56. The molecule has 1 saturated carbocycles. The highest BCUT2D eigenvalue weighted by Crippen LogP contribution is 2.50. The van der Waals surface area contributed by atoms with E-state index in [9.17, 15) is 10.2 Å². The van der Waals surface area contributed by atoms with E-state index >= 15 is 0 Å². The molecule has 14 heavy (non-hydrogen) atoms. The van der Waals surface area contributed by atoms with E-state index < -0.39 is 6.10 Å². The minimum Gasteiger partial charge on any atom is -0.396 e. The molecule has 0 aliphatic heterocycles. The van der Waals surface area contributed by atoms with Gasteiger partial charge in [-0.05, 0) is 24.7 Å². The molecule has 78 valence electrons. The van der Waals surface area contributed by atoms with Gasteiger partial charge in [0, 0.05) is 12.0 Å². The Morgan fingerprint density at radius 1 is 1.29 bits per heavy atom. The number of aliphatic hydroxyl groups excluding tert-OH is 2. The van der Waals surface area contributed by atoms with Crippen LogP contribution in [0.2, 0.25) is 0 Å². The fourth-order valence-electron chi connectivity index (χ4n) is 2.85. The number of hydrogen-bond donors (Lipinski definition) is 2. The lowest BCUT2D eigenvalue weighted by Gasteiger charge is -2.35. The third kappa shape index (κ3) is 1.33. The van der Waals surface area contributed by atoms with Gasteiger partial charge in [-0.15, -0.1) is 0 Å². The maximum Gasteiger partial charge on any atom is 0.0903 e. The predicted molar refractivity (Wildman–Crippen MR) is 55.7 cm³/mol. The van der Waals surface area contributed by atoms with Gasteiger partial charge in [-0.1, -0.05) is 31.2 Å². The standard InChI is InChI=1S/C12H18O2/c1-9-2-3-10(8-13)12(9)6-4-11(14)5-7-12/h4-7,9-11,13-14H,2-3,8H2,1H3/t9-,10-,11?,12?/m0/s1. The Hall–Kier alpha value is -0.600. The van der Waals surface area contributed by atoms with Crippen molar-refractivity contribution in [3.8, 4) is 0 Å². The summed E-state index contributed by atoms with van der Waals surface area (Å²) in [5, 5.41) is 18.7. The van der Waals surface area contributed by atoms with Crippen LogP contribution in [-0.2, 0) is 0 Å². The average molecular weight is 194 g/mol. The molecule has 0 unspecified atom stereocenters. The largest absolute Gasteiger partial charge is 0.396 e. The maximum absolute atomic E-state index is 9.36. The molecule has 1 fully saturated rings. The van der Waals surface area contributed by atoms with Crippen molar-refractivity contribution < 1.29 is 10.2 Å². The third-order valence-electron chi connectivity index (χ3n) is 3.89. The first kappa shape index (κ1) is 9.94. The molecular weight excluding hydrogens is 176 g/mol. The van der Waals surface area contributed by atoms with Crippen molar-refractivity contribution in [2.75, 3.05) is 6.61 Å². The summed E-state index contributed by atoms with van der Waals surface area (Å²) in [6.07, 6.45) is 9.67. The molecule has 1 spiro atoms. The number of aliphatic hydroxyl groups is 2. The molecule has 2 aliphatic rings. The number of hydrogen-bond acceptors (Lipinski definition) is 2. The fraction of sp³-hybridized carbons (Fsp3) is 0.667. The van der Waals surface area contributed by atoms with Crippen LogP contribution in [0.1, 0.15) is 19.8 Å². The Bertz CT molecular complexity index is 253. The Balaban J connectivity index is 2.28. The summed E-state index contributed by atoms with van der Waals surface area (Å²) in [5.74, 6) is 0.900. The van der Waals surface area contributed by atoms with Gasteiger partial charge < -0.3 is 10.2 Å². The Morgan fingerprint density at radius 2 is 1.93 bits per heavy atom. The second-order valence-electron chi connectivity index (χ2n) is 4.57. The maximum atomic E-state index is 9.36. The van der Waals surface area contributed by atoms with Crippen molar-refractivity contribution in [2.24, 2.45) is 17.3 Å². The monoisotopic (exact) mass is 194 g/mol. The van der Waals surface area contributed by atoms with Gasteiger partial charge in [0.2, 0.25) is 0 Å². The summed E-state index contributed by atoms with van der Waals surface area (Å²) in [5.41, 5.74) is 0.00792. The van der Waals surface area contributed by atoms with E-state index in [4.69, 9.17) is 0 Å². The van der Waals surface area contributed by atoms with Crippen molar-refractivity contribution in [1.82, 2.24) is 0 Å². The van der Waals surface area contributed by atoms with Crippen LogP contribution in [0.3, 0.4) is 0 Å². The first-order valence-corrected chi connectivity index (χ1v) is 5.36. The summed E-state index contributed by atoms with van der Waals surface area (Å²) in [7, 11) is 0. The molecule has 0 heterocycles. The summed E-state index contributed by atoms with van der Waals surface area (Å²) in [6, 6.07) is 0. The SMILES string of the molecule is C[C@H]1CC[C@@H](CO)C12C=CC(O)C=C2. The Kier molecular flexibility index (Phi) is 2.50. The number of rotatable bonds is 1. The summed E-state index contributed by atoms with van der Waals surface area (Å²) >= 11 is 0. The van der Waals surface area contributed by atoms with Crippen molar-refractivity contribution in [2.45, 2.75) is 25.9 Å². The van der Waals surface area contributed by atoms with Crippen LogP contribution in [0.5, 0.6) is 0 Å². The second kappa shape index (κ2) is 3.52. The van der Waals surface area contributed by atoms with Crippen molar-refractivity contribution in [1.29, 1.82) is 0 Å². The third-order valence-corrected chi connectivity index (χ3v) is 3.89. The lowest BCUT2D eigenvalue weighted by Crippen LogP contribution is -2.31. The molecule has 0 aromatic heterocycles.